The van der Waals surface area contributed by atoms with Gasteiger partial charge in [0.25, 0.3) is 0 Å². The average molecular weight is 308 g/mol. The number of hydrogen-bond donors (Lipinski definition) is 1. The van der Waals surface area contributed by atoms with Crippen molar-refractivity contribution >= 4 is 22.8 Å². The molecule has 1 aliphatic rings. The van der Waals surface area contributed by atoms with Crippen molar-refractivity contribution < 1.29 is 9.21 Å². The van der Waals surface area contributed by atoms with Crippen LogP contribution in [0.4, 0.5) is 5.82 Å². The molecule has 6 nitrogen and oxygen atoms in total. The van der Waals surface area contributed by atoms with E-state index in [1.807, 2.05) is 18.2 Å². The van der Waals surface area contributed by atoms with Gasteiger partial charge in [0.15, 0.2) is 0 Å². The van der Waals surface area contributed by atoms with E-state index < -0.39 is 0 Å². The quantitative estimate of drug-likeness (QED) is 0.802. The molecule has 23 heavy (non-hydrogen) atoms. The van der Waals surface area contributed by atoms with Gasteiger partial charge in [0.05, 0.1) is 5.39 Å². The second-order valence-corrected chi connectivity index (χ2v) is 5.76. The Morgan fingerprint density at radius 3 is 2.91 bits per heavy atom. The molecule has 1 N–H and O–H groups in total. The zero-order valence-corrected chi connectivity index (χ0v) is 12.5. The molecule has 3 aromatic heterocycles. The predicted octanol–water partition coefficient (Wildman–Crippen LogP) is 3.41. The summed E-state index contributed by atoms with van der Waals surface area (Å²) in [6.07, 6.45) is 8.98. The van der Waals surface area contributed by atoms with Crippen LogP contribution >= 0.6 is 0 Å². The molecule has 0 unspecified atom stereocenters. The highest BCUT2D eigenvalue weighted by Crippen LogP contribution is 2.31. The number of aromatic nitrogens is 3. The van der Waals surface area contributed by atoms with Crippen molar-refractivity contribution in [3.8, 4) is 11.3 Å². The fourth-order valence-corrected chi connectivity index (χ4v) is 3.01. The van der Waals surface area contributed by atoms with Crippen molar-refractivity contribution in [3.05, 3.63) is 36.9 Å². The van der Waals surface area contributed by atoms with Gasteiger partial charge >= 0.3 is 0 Å². The maximum atomic E-state index is 12.3. The summed E-state index contributed by atoms with van der Waals surface area (Å²) in [6.45, 7) is 0. The first-order valence-electron chi connectivity index (χ1n) is 7.77. The van der Waals surface area contributed by atoms with Crippen LogP contribution in [0.2, 0.25) is 0 Å². The second-order valence-electron chi connectivity index (χ2n) is 5.76. The van der Waals surface area contributed by atoms with E-state index in [1.54, 1.807) is 12.4 Å². The molecular formula is C17H16N4O2. The summed E-state index contributed by atoms with van der Waals surface area (Å²) < 4.78 is 5.76. The molecule has 116 valence electrons. The van der Waals surface area contributed by atoms with E-state index in [4.69, 9.17) is 4.42 Å². The van der Waals surface area contributed by atoms with Gasteiger partial charge in [0.2, 0.25) is 11.6 Å². The van der Waals surface area contributed by atoms with Gasteiger partial charge in [-0.1, -0.05) is 12.8 Å². The summed E-state index contributed by atoms with van der Waals surface area (Å²) in [5.41, 5.74) is 1.32. The number of hydrogen-bond acceptors (Lipinski definition) is 5. The van der Waals surface area contributed by atoms with Crippen molar-refractivity contribution in [2.45, 2.75) is 25.7 Å². The van der Waals surface area contributed by atoms with Gasteiger partial charge in [-0.05, 0) is 31.0 Å². The molecule has 1 amide bonds. The number of amides is 1. The summed E-state index contributed by atoms with van der Waals surface area (Å²) in [5.74, 6) is 1.28. The van der Waals surface area contributed by atoms with Crippen LogP contribution in [0.15, 0.2) is 41.3 Å². The molecule has 0 atom stereocenters. The smallest absolute Gasteiger partial charge is 0.231 e. The standard InChI is InChI=1S/C17H16N4O2/c22-16(11-4-1-2-5-11)21-15-13-8-14(12-6-3-7-18-9-12)23-17(13)20-10-19-15/h3,6-11H,1-2,4-5H2,(H,19,20,21,22). The molecule has 3 heterocycles. The molecule has 0 saturated heterocycles. The van der Waals surface area contributed by atoms with Crippen LogP contribution in [0.1, 0.15) is 25.7 Å². The van der Waals surface area contributed by atoms with Gasteiger partial charge in [-0.25, -0.2) is 9.97 Å². The molecule has 1 saturated carbocycles. The first-order valence-corrected chi connectivity index (χ1v) is 7.77. The number of anilines is 1. The van der Waals surface area contributed by atoms with Crippen LogP contribution in [0, 0.1) is 5.92 Å². The topological polar surface area (TPSA) is 80.9 Å². The Balaban J connectivity index is 1.67. The number of rotatable bonds is 3. The van der Waals surface area contributed by atoms with Crippen molar-refractivity contribution in [1.29, 1.82) is 0 Å². The van der Waals surface area contributed by atoms with E-state index in [9.17, 15) is 4.79 Å². The molecular weight excluding hydrogens is 292 g/mol. The van der Waals surface area contributed by atoms with E-state index in [2.05, 4.69) is 20.3 Å². The van der Waals surface area contributed by atoms with Crippen LogP contribution in [0.5, 0.6) is 0 Å². The van der Waals surface area contributed by atoms with E-state index in [0.29, 0.717) is 22.7 Å². The van der Waals surface area contributed by atoms with Crippen molar-refractivity contribution in [3.63, 3.8) is 0 Å². The lowest BCUT2D eigenvalue weighted by Gasteiger charge is -2.09. The van der Waals surface area contributed by atoms with E-state index in [0.717, 1.165) is 31.2 Å². The number of pyridine rings is 1. The van der Waals surface area contributed by atoms with Crippen molar-refractivity contribution in [1.82, 2.24) is 15.0 Å². The number of nitrogens with one attached hydrogen (secondary N) is 1. The Bertz CT molecular complexity index is 838. The third-order valence-corrected chi connectivity index (χ3v) is 4.24. The lowest BCUT2D eigenvalue weighted by atomic mass is 10.1. The number of fused-ring (bicyclic) bond motifs is 1. The van der Waals surface area contributed by atoms with Crippen LogP contribution in [0.25, 0.3) is 22.4 Å². The molecule has 4 rings (SSSR count). The largest absolute Gasteiger partial charge is 0.437 e. The summed E-state index contributed by atoms with van der Waals surface area (Å²) in [5, 5.41) is 3.63. The van der Waals surface area contributed by atoms with Gasteiger partial charge in [0, 0.05) is 23.9 Å². The highest BCUT2D eigenvalue weighted by molar-refractivity contribution is 6.00. The van der Waals surface area contributed by atoms with Gasteiger partial charge in [0.1, 0.15) is 17.9 Å². The summed E-state index contributed by atoms with van der Waals surface area (Å²) in [4.78, 5) is 24.8. The number of carbonyl (C=O) groups excluding carboxylic acids is 1. The predicted molar refractivity (Wildman–Crippen MR) is 85.6 cm³/mol. The van der Waals surface area contributed by atoms with Crippen LogP contribution in [-0.2, 0) is 4.79 Å². The Kier molecular flexibility index (Phi) is 3.49. The molecule has 0 radical (unpaired) electrons. The van der Waals surface area contributed by atoms with E-state index in [1.165, 1.54) is 6.33 Å². The third kappa shape index (κ3) is 2.67. The zero-order chi connectivity index (χ0) is 15.6. The average Bonchev–Trinajstić information content (AvgIpc) is 3.26. The van der Waals surface area contributed by atoms with Crippen LogP contribution in [0.3, 0.4) is 0 Å². The lowest BCUT2D eigenvalue weighted by molar-refractivity contribution is -0.119. The second kappa shape index (κ2) is 5.79. The van der Waals surface area contributed by atoms with Crippen molar-refractivity contribution in [2.75, 3.05) is 5.32 Å². The third-order valence-electron chi connectivity index (χ3n) is 4.24. The zero-order valence-electron chi connectivity index (χ0n) is 12.5. The number of carbonyl (C=O) groups is 1. The maximum Gasteiger partial charge on any atom is 0.231 e. The first-order chi connectivity index (χ1) is 11.3. The maximum absolute atomic E-state index is 12.3. The molecule has 0 spiro atoms. The number of nitrogens with zero attached hydrogens (tertiary/aromatic N) is 3. The highest BCUT2D eigenvalue weighted by atomic mass is 16.3. The fourth-order valence-electron chi connectivity index (χ4n) is 3.01. The lowest BCUT2D eigenvalue weighted by Crippen LogP contribution is -2.21. The summed E-state index contributed by atoms with van der Waals surface area (Å²) >= 11 is 0. The highest BCUT2D eigenvalue weighted by Gasteiger charge is 2.24. The molecule has 0 aliphatic heterocycles. The summed E-state index contributed by atoms with van der Waals surface area (Å²) in [6, 6.07) is 5.60. The normalized spacial score (nSPS) is 15.1. The molecule has 6 heteroatoms. The van der Waals surface area contributed by atoms with Gasteiger partial charge < -0.3 is 9.73 Å². The molecule has 0 aromatic carbocycles. The van der Waals surface area contributed by atoms with Gasteiger partial charge in [-0.2, -0.15) is 0 Å². The Morgan fingerprint density at radius 2 is 2.13 bits per heavy atom. The minimum Gasteiger partial charge on any atom is -0.437 e. The molecule has 3 aromatic rings. The SMILES string of the molecule is O=C(Nc1ncnc2oc(-c3cccnc3)cc12)C1CCCC1. The van der Waals surface area contributed by atoms with Gasteiger partial charge in [-0.3, -0.25) is 9.78 Å². The van der Waals surface area contributed by atoms with Gasteiger partial charge in [-0.15, -0.1) is 0 Å². The minimum atomic E-state index is 0.0339. The summed E-state index contributed by atoms with van der Waals surface area (Å²) in [7, 11) is 0. The first kappa shape index (κ1) is 13.9. The molecule has 1 aliphatic carbocycles. The van der Waals surface area contributed by atoms with E-state index in [-0.39, 0.29) is 11.8 Å². The monoisotopic (exact) mass is 308 g/mol. The Morgan fingerprint density at radius 1 is 1.26 bits per heavy atom. The fraction of sp³-hybridized carbons (Fsp3) is 0.294. The Hall–Kier alpha value is -2.76. The van der Waals surface area contributed by atoms with Crippen molar-refractivity contribution in [2.24, 2.45) is 5.92 Å². The van der Waals surface area contributed by atoms with Crippen LogP contribution in [-0.4, -0.2) is 20.9 Å². The minimum absolute atomic E-state index is 0.0339. The number of furan rings is 1. The Labute approximate surface area is 133 Å². The van der Waals surface area contributed by atoms with Crippen LogP contribution < -0.4 is 5.32 Å². The van der Waals surface area contributed by atoms with E-state index >= 15 is 0 Å². The molecule has 0 bridgehead atoms. The molecule has 1 fully saturated rings.